The van der Waals surface area contributed by atoms with Gasteiger partial charge in [-0.15, -0.1) is 11.6 Å². The first-order valence-electron chi connectivity index (χ1n) is 16.8. The molecule has 2 amide bonds. The number of hydrogen-bond acceptors (Lipinski definition) is 7. The van der Waals surface area contributed by atoms with E-state index in [4.69, 9.17) is 21.1 Å². The quantitative estimate of drug-likeness (QED) is 0.137. The summed E-state index contributed by atoms with van der Waals surface area (Å²) in [5.41, 5.74) is 2.85. The molecule has 5 rings (SSSR count). The van der Waals surface area contributed by atoms with Gasteiger partial charge >= 0.3 is 6.09 Å². The van der Waals surface area contributed by atoms with Crippen molar-refractivity contribution >= 4 is 57.5 Å². The number of likely N-dealkylation sites (N-methyl/N-ethyl adjacent to an activating group) is 1. The van der Waals surface area contributed by atoms with Crippen LogP contribution in [0.15, 0.2) is 48.2 Å². The number of non-ortho nitro benzene ring substituents is 1. The summed E-state index contributed by atoms with van der Waals surface area (Å²) in [6.07, 6.45) is 6.57. The van der Waals surface area contributed by atoms with Gasteiger partial charge in [0.25, 0.3) is 11.6 Å². The number of halogens is 1. The summed E-state index contributed by atoms with van der Waals surface area (Å²) in [7, 11) is 4.00. The third-order valence-corrected chi connectivity index (χ3v) is 8.03. The first-order valence-corrected chi connectivity index (χ1v) is 17.4. The zero-order chi connectivity index (χ0) is 36.5. The number of H-pyrrole nitrogens is 1. The van der Waals surface area contributed by atoms with Gasteiger partial charge in [-0.3, -0.25) is 20.2 Å². The van der Waals surface area contributed by atoms with Gasteiger partial charge in [-0.2, -0.15) is 0 Å². The number of allylic oxidation sites excluding steroid dienone is 2. The van der Waals surface area contributed by atoms with Crippen LogP contribution in [0.5, 0.6) is 0 Å². The van der Waals surface area contributed by atoms with E-state index >= 15 is 0 Å². The number of carbonyl (C=O) groups is 2. The molecule has 12 heteroatoms. The molecule has 3 aromatic rings. The van der Waals surface area contributed by atoms with Crippen molar-refractivity contribution in [3.8, 4) is 0 Å². The van der Waals surface area contributed by atoms with Crippen molar-refractivity contribution in [1.29, 1.82) is 0 Å². The normalized spacial score (nSPS) is 16.1. The maximum atomic E-state index is 14.0. The number of fused-ring (bicyclic) bond motifs is 4. The van der Waals surface area contributed by atoms with E-state index in [1.165, 1.54) is 6.07 Å². The Morgan fingerprint density at radius 1 is 1.10 bits per heavy atom. The first kappa shape index (κ1) is 39.1. The van der Waals surface area contributed by atoms with Crippen LogP contribution in [0.3, 0.4) is 0 Å². The highest BCUT2D eigenvalue weighted by Crippen LogP contribution is 2.46. The molecule has 2 aromatic carbocycles. The van der Waals surface area contributed by atoms with Crippen LogP contribution in [0.1, 0.15) is 88.1 Å². The van der Waals surface area contributed by atoms with Gasteiger partial charge in [0.05, 0.1) is 21.8 Å². The number of amides is 2. The third-order valence-electron chi connectivity index (χ3n) is 7.65. The highest BCUT2D eigenvalue weighted by atomic mass is 35.5. The minimum Gasteiger partial charge on any atom is -0.497 e. The number of hydrogen-bond donors (Lipinski definition) is 2. The van der Waals surface area contributed by atoms with Crippen molar-refractivity contribution in [3.05, 3.63) is 80.9 Å². The van der Waals surface area contributed by atoms with Crippen molar-refractivity contribution in [2.45, 2.75) is 72.8 Å². The second kappa shape index (κ2) is 17.3. The first-order chi connectivity index (χ1) is 23.3. The Balaban J connectivity index is 0.00000157. The number of alkyl halides is 1. The van der Waals surface area contributed by atoms with Crippen LogP contribution in [0.4, 0.5) is 21.9 Å². The second-order valence-corrected chi connectivity index (χ2v) is 12.8. The monoisotopic (exact) mass is 695 g/mol. The van der Waals surface area contributed by atoms with Crippen LogP contribution in [-0.4, -0.2) is 72.1 Å². The van der Waals surface area contributed by atoms with Gasteiger partial charge in [0.2, 0.25) is 0 Å². The van der Waals surface area contributed by atoms with Gasteiger partial charge in [-0.05, 0) is 88.2 Å². The highest BCUT2D eigenvalue weighted by molar-refractivity contribution is 6.19. The number of rotatable bonds is 8. The number of nitro benzene ring substituents is 1. The summed E-state index contributed by atoms with van der Waals surface area (Å²) in [6, 6.07) is 8.19. The summed E-state index contributed by atoms with van der Waals surface area (Å²) >= 11 is 6.42. The fraction of sp³-hybridized carbons (Fsp3) is 0.459. The molecule has 0 radical (unpaired) electrons. The zero-order valence-electron chi connectivity index (χ0n) is 30.1. The molecule has 0 saturated carbocycles. The summed E-state index contributed by atoms with van der Waals surface area (Å²) in [4.78, 5) is 45.0. The minimum absolute atomic E-state index is 0.182. The fourth-order valence-corrected chi connectivity index (χ4v) is 5.87. The largest absolute Gasteiger partial charge is 0.497 e. The fourth-order valence-electron chi connectivity index (χ4n) is 5.61. The molecule has 2 aliphatic rings. The van der Waals surface area contributed by atoms with Crippen molar-refractivity contribution in [2.24, 2.45) is 0 Å². The average Bonchev–Trinajstić information content (AvgIpc) is 3.63. The smallest absolute Gasteiger partial charge is 0.412 e. The Morgan fingerprint density at radius 3 is 2.45 bits per heavy atom. The van der Waals surface area contributed by atoms with E-state index in [1.807, 2.05) is 66.1 Å². The molecule has 1 atom stereocenters. The van der Waals surface area contributed by atoms with E-state index in [1.54, 1.807) is 43.9 Å². The Kier molecular flexibility index (Phi) is 13.8. The molecule has 0 fully saturated rings. The lowest BCUT2D eigenvalue weighted by Gasteiger charge is -2.20. The molecular formula is C37H50ClN5O6. The molecule has 49 heavy (non-hydrogen) atoms. The Morgan fingerprint density at radius 2 is 1.82 bits per heavy atom. The molecule has 1 aromatic heterocycles. The van der Waals surface area contributed by atoms with Gasteiger partial charge in [-0.25, -0.2) is 4.79 Å². The molecule has 0 spiro atoms. The van der Waals surface area contributed by atoms with E-state index in [0.717, 1.165) is 29.1 Å². The van der Waals surface area contributed by atoms with E-state index in [-0.39, 0.29) is 29.9 Å². The van der Waals surface area contributed by atoms with Crippen LogP contribution in [0, 0.1) is 10.1 Å². The number of aromatic nitrogens is 1. The number of nitrogens with one attached hydrogen (secondary N) is 2. The molecule has 1 aliphatic heterocycles. The lowest BCUT2D eigenvalue weighted by atomic mass is 9.94. The number of anilines is 2. The van der Waals surface area contributed by atoms with Gasteiger partial charge in [0.15, 0.2) is 0 Å². The van der Waals surface area contributed by atoms with Crippen LogP contribution in [0.25, 0.3) is 16.8 Å². The molecule has 1 aliphatic carbocycles. The van der Waals surface area contributed by atoms with E-state index in [9.17, 15) is 19.7 Å². The highest BCUT2D eigenvalue weighted by Gasteiger charge is 2.37. The summed E-state index contributed by atoms with van der Waals surface area (Å²) in [5, 5.41) is 15.9. The van der Waals surface area contributed by atoms with Crippen LogP contribution < -0.4 is 10.2 Å². The van der Waals surface area contributed by atoms with E-state index < -0.39 is 16.6 Å². The van der Waals surface area contributed by atoms with Crippen molar-refractivity contribution in [2.75, 3.05) is 49.9 Å². The molecule has 0 bridgehead atoms. The summed E-state index contributed by atoms with van der Waals surface area (Å²) < 4.78 is 11.3. The van der Waals surface area contributed by atoms with Crippen molar-refractivity contribution in [1.82, 2.24) is 9.88 Å². The number of benzene rings is 2. The number of nitro groups is 1. The molecular weight excluding hydrogens is 646 g/mol. The molecule has 1 unspecified atom stereocenters. The van der Waals surface area contributed by atoms with Crippen LogP contribution in [0.2, 0.25) is 0 Å². The average molecular weight is 696 g/mol. The maximum Gasteiger partial charge on any atom is 0.412 e. The topological polar surface area (TPSA) is 130 Å². The molecule has 11 nitrogen and oxygen atoms in total. The van der Waals surface area contributed by atoms with Gasteiger partial charge in [-0.1, -0.05) is 39.8 Å². The Labute approximate surface area is 294 Å². The van der Waals surface area contributed by atoms with Crippen molar-refractivity contribution in [3.63, 3.8) is 0 Å². The summed E-state index contributed by atoms with van der Waals surface area (Å²) in [5.74, 6) is 0.550. The molecule has 2 N–H and O–H groups in total. The third kappa shape index (κ3) is 9.64. The van der Waals surface area contributed by atoms with Crippen molar-refractivity contribution < 1.29 is 24.0 Å². The van der Waals surface area contributed by atoms with E-state index in [2.05, 4.69) is 15.2 Å². The molecule has 0 saturated heterocycles. The SMILES string of the molecule is CC.CC.CN(C)CCO/C1=C/Cc2cc(C(=O)N3CC(CCl)c4c3cc([N+](=O)[O-])c3cc(NC(=O)OC(C)(C)C)ccc43)[nH]c2C=CC1. The van der Waals surface area contributed by atoms with Crippen LogP contribution in [-0.2, 0) is 15.9 Å². The predicted octanol–water partition coefficient (Wildman–Crippen LogP) is 8.88. The Hall–Kier alpha value is -4.35. The van der Waals surface area contributed by atoms with E-state index in [0.29, 0.717) is 47.3 Å². The van der Waals surface area contributed by atoms with Gasteiger partial charge in [0, 0.05) is 48.8 Å². The molecule has 2 heterocycles. The van der Waals surface area contributed by atoms with Gasteiger partial charge < -0.3 is 24.3 Å². The van der Waals surface area contributed by atoms with Gasteiger partial charge in [0.1, 0.15) is 17.9 Å². The number of nitrogens with zero attached hydrogens (tertiary/aromatic N) is 3. The Bertz CT molecular complexity index is 1710. The molecule has 266 valence electrons. The number of ether oxygens (including phenoxy) is 2. The predicted molar refractivity (Wildman–Crippen MR) is 199 cm³/mol. The second-order valence-electron chi connectivity index (χ2n) is 12.5. The zero-order valence-corrected chi connectivity index (χ0v) is 30.9. The lowest BCUT2D eigenvalue weighted by Crippen LogP contribution is -2.30. The standard InChI is InChI=1S/C33H38ClN5O6.2C2H6/c1-33(2,3)45-32(41)35-22-10-12-24-25(16-22)28(39(42)43)17-29-30(24)21(18-34)19-38(29)31(40)27-15-20-9-11-23(44-14-13-37(4)5)7-6-8-26(20)36-27;2*1-2/h6,8,10-12,15-17,21,36H,7,9,13-14,18-19H2,1-5H3,(H,35,41);2*1-2H3/b8-6?,23-11+;;. The number of aromatic amines is 1. The minimum atomic E-state index is -0.704. The summed E-state index contributed by atoms with van der Waals surface area (Å²) in [6.45, 7) is 14.9. The lowest BCUT2D eigenvalue weighted by molar-refractivity contribution is -0.383. The maximum absolute atomic E-state index is 14.0. The number of carbonyl (C=O) groups excluding carboxylic acids is 2. The van der Waals surface area contributed by atoms with Crippen LogP contribution >= 0.6 is 11.6 Å².